The molecule has 3 fully saturated rings. The Hall–Kier alpha value is -3.35. The van der Waals surface area contributed by atoms with Crippen molar-refractivity contribution < 1.29 is 24.2 Å². The van der Waals surface area contributed by atoms with Gasteiger partial charge < -0.3 is 20.1 Å². The van der Waals surface area contributed by atoms with Gasteiger partial charge in [0, 0.05) is 31.5 Å². The number of likely N-dealkylation sites (tertiary alicyclic amines) is 1. The largest absolute Gasteiger partial charge is 0.481 e. The van der Waals surface area contributed by atoms with E-state index >= 15 is 0 Å². The molecule has 4 atom stereocenters. The number of nitrogens with zero attached hydrogens (tertiary/aromatic N) is 1. The second-order valence-electron chi connectivity index (χ2n) is 10.6. The van der Waals surface area contributed by atoms with Crippen LogP contribution in [-0.4, -0.2) is 54.2 Å². The van der Waals surface area contributed by atoms with Gasteiger partial charge in [-0.25, -0.2) is 4.79 Å². The van der Waals surface area contributed by atoms with Gasteiger partial charge in [-0.15, -0.1) is 0 Å². The van der Waals surface area contributed by atoms with E-state index in [-0.39, 0.29) is 36.2 Å². The van der Waals surface area contributed by atoms with Crippen molar-refractivity contribution in [1.29, 1.82) is 0 Å². The van der Waals surface area contributed by atoms with E-state index in [1.165, 1.54) is 22.3 Å². The lowest BCUT2D eigenvalue weighted by Gasteiger charge is -2.26. The molecule has 1 heterocycles. The van der Waals surface area contributed by atoms with Gasteiger partial charge >= 0.3 is 12.1 Å². The van der Waals surface area contributed by atoms with Gasteiger partial charge in [0.05, 0.1) is 5.41 Å². The Kier molecular flexibility index (Phi) is 5.31. The highest BCUT2D eigenvalue weighted by Crippen LogP contribution is 2.58. The Balaban J connectivity index is 1.03. The fraction of sp³-hybridized carbons (Fsp3) is 0.464. The molecule has 0 spiro atoms. The summed E-state index contributed by atoms with van der Waals surface area (Å²) in [5, 5.41) is 12.4. The van der Waals surface area contributed by atoms with E-state index in [0.717, 1.165) is 19.3 Å². The number of alkyl carbamates (subject to hydrolysis) is 1. The van der Waals surface area contributed by atoms with Gasteiger partial charge in [0.1, 0.15) is 6.61 Å². The summed E-state index contributed by atoms with van der Waals surface area (Å²) in [5.41, 5.74) is 4.02. The summed E-state index contributed by atoms with van der Waals surface area (Å²) in [4.78, 5) is 39.1. The third-order valence-electron chi connectivity index (χ3n) is 8.71. The van der Waals surface area contributed by atoms with Crippen LogP contribution < -0.4 is 5.32 Å². The van der Waals surface area contributed by atoms with Gasteiger partial charge in [0.25, 0.3) is 0 Å². The maximum atomic E-state index is 13.2. The van der Waals surface area contributed by atoms with E-state index in [0.29, 0.717) is 26.1 Å². The predicted molar refractivity (Wildman–Crippen MR) is 129 cm³/mol. The molecule has 4 unspecified atom stereocenters. The van der Waals surface area contributed by atoms with Gasteiger partial charge in [0.15, 0.2) is 0 Å². The minimum Gasteiger partial charge on any atom is -0.481 e. The molecule has 7 nitrogen and oxygen atoms in total. The van der Waals surface area contributed by atoms with Crippen LogP contribution in [-0.2, 0) is 14.3 Å². The molecule has 0 aromatic heterocycles. The van der Waals surface area contributed by atoms with Crippen LogP contribution in [0.4, 0.5) is 4.79 Å². The first kappa shape index (κ1) is 22.1. The summed E-state index contributed by atoms with van der Waals surface area (Å²) < 4.78 is 5.64. The fourth-order valence-corrected chi connectivity index (χ4v) is 6.69. The number of fused-ring (bicyclic) bond motifs is 4. The smallest absolute Gasteiger partial charge is 0.407 e. The van der Waals surface area contributed by atoms with Crippen LogP contribution in [0.3, 0.4) is 0 Å². The molecular weight excluding hydrogens is 444 g/mol. The van der Waals surface area contributed by atoms with Gasteiger partial charge in [-0.2, -0.15) is 0 Å². The number of carboxylic acids is 1. The molecule has 2 aromatic rings. The highest BCUT2D eigenvalue weighted by Gasteiger charge is 2.66. The summed E-state index contributed by atoms with van der Waals surface area (Å²) in [6, 6.07) is 16.5. The summed E-state index contributed by atoms with van der Waals surface area (Å²) in [7, 11) is 0. The van der Waals surface area contributed by atoms with Crippen molar-refractivity contribution >= 4 is 18.0 Å². The zero-order valence-electron chi connectivity index (χ0n) is 19.6. The molecule has 2 N–H and O–H groups in total. The average Bonchev–Trinajstić information content (AvgIpc) is 3.20. The summed E-state index contributed by atoms with van der Waals surface area (Å²) >= 11 is 0. The van der Waals surface area contributed by atoms with Crippen molar-refractivity contribution in [2.24, 2.45) is 23.2 Å². The topological polar surface area (TPSA) is 95.9 Å². The van der Waals surface area contributed by atoms with E-state index in [9.17, 15) is 19.5 Å². The monoisotopic (exact) mass is 474 g/mol. The number of ether oxygens (including phenoxy) is 1. The van der Waals surface area contributed by atoms with Crippen LogP contribution in [0.1, 0.15) is 42.7 Å². The fourth-order valence-electron chi connectivity index (χ4n) is 6.69. The van der Waals surface area contributed by atoms with Crippen LogP contribution in [0.25, 0.3) is 11.1 Å². The number of carbonyl (C=O) groups is 3. The van der Waals surface area contributed by atoms with Gasteiger partial charge in [0.2, 0.25) is 5.91 Å². The standard InChI is InChI=1S/C28H30N2O5/c31-25(30-14-18-12-28(18,16-30)26(32)33)19-11-5-6-17(19)13-29-27(34)35-15-24-22-9-3-1-7-20(22)21-8-2-4-10-23(21)24/h1-4,7-10,17-19,24H,5-6,11-16H2,(H,29,34)(H,32,33). The minimum absolute atomic E-state index is 0.0112. The van der Waals surface area contributed by atoms with E-state index < -0.39 is 17.5 Å². The molecule has 2 amide bonds. The molecule has 182 valence electrons. The Morgan fingerprint density at radius 1 is 1.03 bits per heavy atom. The van der Waals surface area contributed by atoms with Gasteiger partial charge in [-0.1, -0.05) is 55.0 Å². The first-order chi connectivity index (χ1) is 17.0. The molecular formula is C28H30N2O5. The zero-order chi connectivity index (χ0) is 24.2. The van der Waals surface area contributed by atoms with Crippen LogP contribution >= 0.6 is 0 Å². The Morgan fingerprint density at radius 2 is 1.71 bits per heavy atom. The van der Waals surface area contributed by atoms with Crippen LogP contribution in [0.15, 0.2) is 48.5 Å². The number of nitrogens with one attached hydrogen (secondary N) is 1. The highest BCUT2D eigenvalue weighted by atomic mass is 16.5. The molecule has 4 aliphatic rings. The van der Waals surface area contributed by atoms with Gasteiger partial charge in [-0.05, 0) is 53.4 Å². The lowest BCUT2D eigenvalue weighted by atomic mass is 9.94. The normalized spacial score (nSPS) is 28.2. The molecule has 7 heteroatoms. The Morgan fingerprint density at radius 3 is 2.37 bits per heavy atom. The van der Waals surface area contributed by atoms with Crippen molar-refractivity contribution in [3.63, 3.8) is 0 Å². The van der Waals surface area contributed by atoms with E-state index in [2.05, 4.69) is 29.6 Å². The van der Waals surface area contributed by atoms with Crippen molar-refractivity contribution in [1.82, 2.24) is 10.2 Å². The second kappa shape index (κ2) is 8.40. The zero-order valence-corrected chi connectivity index (χ0v) is 19.6. The minimum atomic E-state index is -0.780. The highest BCUT2D eigenvalue weighted by molar-refractivity contribution is 5.85. The molecule has 0 radical (unpaired) electrons. The Labute approximate surface area is 204 Å². The van der Waals surface area contributed by atoms with E-state index in [1.54, 1.807) is 4.90 Å². The lowest BCUT2D eigenvalue weighted by Crippen LogP contribution is -2.41. The molecule has 0 bridgehead atoms. The third-order valence-corrected chi connectivity index (χ3v) is 8.71. The number of carboxylic acid groups (broad SMARTS) is 1. The van der Waals surface area contributed by atoms with E-state index in [4.69, 9.17) is 4.74 Å². The van der Waals surface area contributed by atoms with Gasteiger partial charge in [-0.3, -0.25) is 9.59 Å². The van der Waals surface area contributed by atoms with E-state index in [1.807, 2.05) is 24.3 Å². The second-order valence-corrected chi connectivity index (χ2v) is 10.6. The maximum absolute atomic E-state index is 13.2. The number of piperidine rings is 1. The number of rotatable bonds is 6. The first-order valence-corrected chi connectivity index (χ1v) is 12.6. The SMILES string of the molecule is O=C(NCC1CCCC1C(=O)N1CC2CC2(C(=O)O)C1)OCC1c2ccccc2-c2ccccc21. The quantitative estimate of drug-likeness (QED) is 0.663. The molecule has 3 aliphatic carbocycles. The number of aliphatic carboxylic acids is 1. The van der Waals surface area contributed by atoms with Crippen LogP contribution in [0.2, 0.25) is 0 Å². The molecule has 6 rings (SSSR count). The van der Waals surface area contributed by atoms with Crippen LogP contribution in [0.5, 0.6) is 0 Å². The Bertz CT molecular complexity index is 1150. The number of hydrogen-bond acceptors (Lipinski definition) is 4. The first-order valence-electron chi connectivity index (χ1n) is 12.6. The number of amides is 2. The van der Waals surface area contributed by atoms with Crippen molar-refractivity contribution in [3.8, 4) is 11.1 Å². The van der Waals surface area contributed by atoms with Crippen molar-refractivity contribution in [2.45, 2.75) is 31.6 Å². The number of hydrogen-bond donors (Lipinski definition) is 2. The third kappa shape index (κ3) is 3.68. The number of carbonyl (C=O) groups excluding carboxylic acids is 2. The predicted octanol–water partition coefficient (Wildman–Crippen LogP) is 3.87. The molecule has 2 aromatic carbocycles. The van der Waals surface area contributed by atoms with Crippen molar-refractivity contribution in [3.05, 3.63) is 59.7 Å². The van der Waals surface area contributed by atoms with Crippen LogP contribution in [0, 0.1) is 23.2 Å². The summed E-state index contributed by atoms with van der Waals surface area (Å²) in [5.74, 6) is -0.722. The summed E-state index contributed by atoms with van der Waals surface area (Å²) in [6.07, 6.45) is 2.83. The molecule has 2 saturated carbocycles. The lowest BCUT2D eigenvalue weighted by molar-refractivity contribution is -0.144. The molecule has 1 saturated heterocycles. The average molecular weight is 475 g/mol. The number of benzene rings is 2. The molecule has 1 aliphatic heterocycles. The maximum Gasteiger partial charge on any atom is 0.407 e. The summed E-state index contributed by atoms with van der Waals surface area (Å²) in [6.45, 7) is 1.54. The molecule has 35 heavy (non-hydrogen) atoms. The van der Waals surface area contributed by atoms with Crippen molar-refractivity contribution in [2.75, 3.05) is 26.2 Å².